The van der Waals surface area contributed by atoms with Gasteiger partial charge in [0.2, 0.25) is 0 Å². The highest BCUT2D eigenvalue weighted by atomic mass is 15.0. The summed E-state index contributed by atoms with van der Waals surface area (Å²) in [7, 11) is 0. The van der Waals surface area contributed by atoms with Crippen LogP contribution in [0.3, 0.4) is 0 Å². The van der Waals surface area contributed by atoms with Gasteiger partial charge in [0, 0.05) is 38.5 Å². The molecule has 0 atom stereocenters. The molecule has 10 rings (SSSR count). The summed E-state index contributed by atoms with van der Waals surface area (Å²) in [6.45, 7) is 3.62. The number of benzene rings is 8. The monoisotopic (exact) mass is 690 g/mol. The number of hydrogen-bond acceptors (Lipinski definition) is 2. The number of para-hydroxylation sites is 3. The largest absolute Gasteiger partial charge is 0.309 e. The summed E-state index contributed by atoms with van der Waals surface area (Å²) in [5.41, 5.74) is 10.8. The van der Waals surface area contributed by atoms with Crippen LogP contribution in [-0.4, -0.2) is 9.13 Å². The highest BCUT2D eigenvalue weighted by molar-refractivity contribution is 6.26. The molecule has 2 heterocycles. The molecular weight excluding hydrogens is 657 g/mol. The second-order valence-electron chi connectivity index (χ2n) is 13.5. The number of allylic oxidation sites excluding steroid dienone is 2. The standard InChI is InChI=1S/C45H27N3.C5H7N/c46-28-29-18-20-30(21-19-29)40-27-31-26-33(22-23-34(31)35-12-4-5-13-36(35)40)48-41-16-8-6-14-37(41)38-24-25-43-44(45(38)48)39-15-7-9-17-42(39)47(43)32-10-2-1-3-11-32;1-3-5(2)4-6/h1-27H;3H,1-2H3/b;5-3+. The van der Waals surface area contributed by atoms with Gasteiger partial charge in [-0.05, 0) is 107 Å². The lowest BCUT2D eigenvalue weighted by molar-refractivity contribution is 1.18. The van der Waals surface area contributed by atoms with Crippen molar-refractivity contribution >= 4 is 65.2 Å². The van der Waals surface area contributed by atoms with Crippen LogP contribution in [0.25, 0.3) is 87.7 Å². The fourth-order valence-electron chi connectivity index (χ4n) is 7.90. The zero-order chi connectivity index (χ0) is 36.8. The Morgan fingerprint density at radius 1 is 0.519 bits per heavy atom. The Morgan fingerprint density at radius 2 is 1.15 bits per heavy atom. The van der Waals surface area contributed by atoms with Crippen LogP contribution < -0.4 is 0 Å². The van der Waals surface area contributed by atoms with E-state index in [-0.39, 0.29) is 0 Å². The minimum atomic E-state index is 0.664. The van der Waals surface area contributed by atoms with E-state index >= 15 is 0 Å². The van der Waals surface area contributed by atoms with Crippen molar-refractivity contribution in [3.63, 3.8) is 0 Å². The molecule has 0 aliphatic carbocycles. The van der Waals surface area contributed by atoms with Gasteiger partial charge in [-0.1, -0.05) is 109 Å². The van der Waals surface area contributed by atoms with Crippen molar-refractivity contribution in [2.45, 2.75) is 13.8 Å². The van der Waals surface area contributed by atoms with E-state index in [2.05, 4.69) is 167 Å². The lowest BCUT2D eigenvalue weighted by atomic mass is 9.92. The third-order valence-corrected chi connectivity index (χ3v) is 10.5. The first-order valence-corrected chi connectivity index (χ1v) is 18.1. The van der Waals surface area contributed by atoms with E-state index in [0.29, 0.717) is 5.56 Å². The lowest BCUT2D eigenvalue weighted by Crippen LogP contribution is -1.96. The minimum Gasteiger partial charge on any atom is -0.309 e. The van der Waals surface area contributed by atoms with E-state index in [1.54, 1.807) is 13.0 Å². The van der Waals surface area contributed by atoms with Crippen molar-refractivity contribution in [3.05, 3.63) is 181 Å². The molecule has 0 aliphatic heterocycles. The first-order valence-electron chi connectivity index (χ1n) is 18.1. The van der Waals surface area contributed by atoms with Gasteiger partial charge >= 0.3 is 0 Å². The van der Waals surface area contributed by atoms with Gasteiger partial charge in [0.1, 0.15) is 0 Å². The molecule has 254 valence electrons. The van der Waals surface area contributed by atoms with Crippen LogP contribution >= 0.6 is 0 Å². The van der Waals surface area contributed by atoms with Gasteiger partial charge in [-0.25, -0.2) is 0 Å². The van der Waals surface area contributed by atoms with E-state index in [9.17, 15) is 5.26 Å². The van der Waals surface area contributed by atoms with E-state index in [0.717, 1.165) is 28.1 Å². The number of nitriles is 2. The molecule has 0 saturated heterocycles. The molecule has 0 saturated carbocycles. The molecule has 2 aromatic heterocycles. The van der Waals surface area contributed by atoms with Crippen LogP contribution in [0, 0.1) is 22.7 Å². The van der Waals surface area contributed by atoms with E-state index < -0.39 is 0 Å². The molecular formula is C50H34N4. The first-order chi connectivity index (χ1) is 26.6. The highest BCUT2D eigenvalue weighted by Crippen LogP contribution is 2.43. The summed E-state index contributed by atoms with van der Waals surface area (Å²) in [5, 5.41) is 27.2. The Labute approximate surface area is 313 Å². The average molecular weight is 691 g/mol. The minimum absolute atomic E-state index is 0.664. The van der Waals surface area contributed by atoms with E-state index in [1.165, 1.54) is 65.2 Å². The second kappa shape index (κ2) is 13.3. The Morgan fingerprint density at radius 3 is 1.83 bits per heavy atom. The van der Waals surface area contributed by atoms with Gasteiger partial charge in [-0.2, -0.15) is 10.5 Å². The quantitative estimate of drug-likeness (QED) is 0.137. The van der Waals surface area contributed by atoms with Crippen molar-refractivity contribution < 1.29 is 0 Å². The molecule has 0 bridgehead atoms. The summed E-state index contributed by atoms with van der Waals surface area (Å²) < 4.78 is 4.85. The maximum absolute atomic E-state index is 9.41. The molecule has 4 nitrogen and oxygen atoms in total. The van der Waals surface area contributed by atoms with Gasteiger partial charge in [0.05, 0.1) is 39.8 Å². The summed E-state index contributed by atoms with van der Waals surface area (Å²) in [5.74, 6) is 0. The zero-order valence-electron chi connectivity index (χ0n) is 30.0. The molecule has 0 aliphatic rings. The van der Waals surface area contributed by atoms with Crippen LogP contribution in [0.1, 0.15) is 19.4 Å². The number of hydrogen-bond donors (Lipinski definition) is 0. The molecule has 0 unspecified atom stereocenters. The molecule has 0 N–H and O–H groups in total. The van der Waals surface area contributed by atoms with Gasteiger partial charge in [-0.15, -0.1) is 0 Å². The van der Waals surface area contributed by atoms with Gasteiger partial charge in [0.15, 0.2) is 0 Å². The Hall–Kier alpha value is -7.40. The molecule has 0 amide bonds. The summed E-state index contributed by atoms with van der Waals surface area (Å²) in [4.78, 5) is 0. The first kappa shape index (κ1) is 32.5. The molecule has 0 fully saturated rings. The maximum atomic E-state index is 9.41. The molecule has 0 radical (unpaired) electrons. The normalized spacial score (nSPS) is 11.6. The average Bonchev–Trinajstić information content (AvgIpc) is 3.76. The molecule has 4 heteroatoms. The fraction of sp³-hybridized carbons (Fsp3) is 0.0400. The second-order valence-corrected chi connectivity index (χ2v) is 13.5. The Bertz CT molecular complexity index is 3180. The third kappa shape index (κ3) is 5.21. The van der Waals surface area contributed by atoms with E-state index in [4.69, 9.17) is 5.26 Å². The van der Waals surface area contributed by atoms with Crippen molar-refractivity contribution in [1.29, 1.82) is 10.5 Å². The third-order valence-electron chi connectivity index (χ3n) is 10.5. The summed E-state index contributed by atoms with van der Waals surface area (Å²) in [6, 6.07) is 62.8. The Balaban J connectivity index is 0.000000595. The zero-order valence-corrected chi connectivity index (χ0v) is 30.0. The van der Waals surface area contributed by atoms with Crippen molar-refractivity contribution in [2.24, 2.45) is 0 Å². The highest BCUT2D eigenvalue weighted by Gasteiger charge is 2.21. The molecule has 10 aromatic rings. The number of rotatable bonds is 3. The lowest BCUT2D eigenvalue weighted by Gasteiger charge is -2.14. The van der Waals surface area contributed by atoms with E-state index in [1.807, 2.05) is 25.1 Å². The molecule has 54 heavy (non-hydrogen) atoms. The van der Waals surface area contributed by atoms with Crippen molar-refractivity contribution in [1.82, 2.24) is 9.13 Å². The van der Waals surface area contributed by atoms with Crippen LogP contribution in [-0.2, 0) is 0 Å². The van der Waals surface area contributed by atoms with Gasteiger partial charge in [-0.3, -0.25) is 0 Å². The van der Waals surface area contributed by atoms with Crippen molar-refractivity contribution in [3.8, 4) is 34.6 Å². The molecule has 8 aromatic carbocycles. The van der Waals surface area contributed by atoms with Crippen LogP contribution in [0.4, 0.5) is 0 Å². The smallest absolute Gasteiger partial charge is 0.0991 e. The fourth-order valence-corrected chi connectivity index (χ4v) is 7.90. The van der Waals surface area contributed by atoms with Crippen LogP contribution in [0.15, 0.2) is 175 Å². The Kier molecular flexibility index (Phi) is 8.00. The molecule has 0 spiro atoms. The van der Waals surface area contributed by atoms with Crippen molar-refractivity contribution in [2.75, 3.05) is 0 Å². The number of nitrogens with zero attached hydrogens (tertiary/aromatic N) is 4. The summed E-state index contributed by atoms with van der Waals surface area (Å²) in [6.07, 6.45) is 1.78. The summed E-state index contributed by atoms with van der Waals surface area (Å²) >= 11 is 0. The SMILES string of the molecule is C/C=C(\C)C#N.N#Cc1ccc(-c2cc3cc(-n4c5ccccc5c5ccc6c(c7ccccc7n6-c6ccccc6)c54)ccc3c3ccccc23)cc1. The van der Waals surface area contributed by atoms with Gasteiger partial charge in [0.25, 0.3) is 0 Å². The van der Waals surface area contributed by atoms with Crippen LogP contribution in [0.5, 0.6) is 0 Å². The van der Waals surface area contributed by atoms with Gasteiger partial charge < -0.3 is 9.13 Å². The predicted molar refractivity (Wildman–Crippen MR) is 225 cm³/mol. The number of aromatic nitrogens is 2. The number of fused-ring (bicyclic) bond motifs is 10. The predicted octanol–water partition coefficient (Wildman–Crippen LogP) is 13.2. The topological polar surface area (TPSA) is 57.4 Å². The maximum Gasteiger partial charge on any atom is 0.0991 e. The van der Waals surface area contributed by atoms with Crippen LogP contribution in [0.2, 0.25) is 0 Å².